The van der Waals surface area contributed by atoms with Crippen LogP contribution in [0.25, 0.3) is 10.9 Å². The zero-order valence-electron chi connectivity index (χ0n) is 12.5. The van der Waals surface area contributed by atoms with Crippen molar-refractivity contribution < 1.29 is 24.6 Å². The number of anilines is 2. The van der Waals surface area contributed by atoms with Gasteiger partial charge in [0.2, 0.25) is 5.91 Å². The molecule has 124 valence electrons. The molecule has 0 saturated heterocycles. The number of carbonyl (C=O) groups is 3. The van der Waals surface area contributed by atoms with Crippen molar-refractivity contribution in [3.8, 4) is 0 Å². The summed E-state index contributed by atoms with van der Waals surface area (Å²) in [7, 11) is 0. The second-order valence-corrected chi connectivity index (χ2v) is 4.63. The van der Waals surface area contributed by atoms with Gasteiger partial charge in [0.1, 0.15) is 12.1 Å². The summed E-state index contributed by atoms with van der Waals surface area (Å²) in [4.78, 5) is 40.9. The Morgan fingerprint density at radius 3 is 2.50 bits per heavy atom. The quantitative estimate of drug-likeness (QED) is 0.381. The summed E-state index contributed by atoms with van der Waals surface area (Å²) >= 11 is 0. The number of carboxylic acids is 2. The van der Waals surface area contributed by atoms with Crippen molar-refractivity contribution in [2.75, 3.05) is 10.6 Å². The summed E-state index contributed by atoms with van der Waals surface area (Å²) in [5.74, 6) is -3.81. The van der Waals surface area contributed by atoms with Gasteiger partial charge in [0.05, 0.1) is 17.5 Å². The Balaban J connectivity index is 2.41. The number of fused-ring (bicyclic) bond motifs is 1. The molecule has 0 spiro atoms. The van der Waals surface area contributed by atoms with Gasteiger partial charge < -0.3 is 30.4 Å². The van der Waals surface area contributed by atoms with Gasteiger partial charge in [-0.15, -0.1) is 0 Å². The largest absolute Gasteiger partial charge is 0.545 e. The molecule has 2 N–H and O–H groups in total. The maximum absolute atomic E-state index is 11.5. The van der Waals surface area contributed by atoms with Gasteiger partial charge in [-0.2, -0.15) is 0 Å². The first-order chi connectivity index (χ1) is 11.4. The fourth-order valence-corrected chi connectivity index (χ4v) is 1.84. The van der Waals surface area contributed by atoms with Crippen molar-refractivity contribution in [2.45, 2.75) is 13.3 Å². The number of amides is 1. The Bertz CT molecular complexity index is 831. The molecular formula is C15H12N4O5-2. The van der Waals surface area contributed by atoms with Crippen molar-refractivity contribution in [1.82, 2.24) is 9.97 Å². The number of aliphatic carboxylic acids is 2. The van der Waals surface area contributed by atoms with Gasteiger partial charge in [-0.25, -0.2) is 9.97 Å². The minimum absolute atomic E-state index is 0.160. The van der Waals surface area contributed by atoms with Crippen LogP contribution in [-0.4, -0.2) is 27.8 Å². The number of carbonyl (C=O) groups excluding carboxylic acids is 3. The van der Waals surface area contributed by atoms with Gasteiger partial charge in [-0.1, -0.05) is 6.92 Å². The summed E-state index contributed by atoms with van der Waals surface area (Å²) in [5.41, 5.74) is -0.0488. The molecule has 1 aromatic heterocycles. The lowest BCUT2D eigenvalue weighted by molar-refractivity contribution is -0.312. The molecule has 0 bridgehead atoms. The Morgan fingerprint density at radius 1 is 1.17 bits per heavy atom. The smallest absolute Gasteiger partial charge is 0.224 e. The van der Waals surface area contributed by atoms with Crippen LogP contribution < -0.4 is 20.8 Å². The topological polar surface area (TPSA) is 147 Å². The molecule has 2 rings (SSSR count). The van der Waals surface area contributed by atoms with Crippen LogP contribution in [0.2, 0.25) is 0 Å². The van der Waals surface area contributed by atoms with Gasteiger partial charge >= 0.3 is 0 Å². The molecule has 0 aliphatic carbocycles. The van der Waals surface area contributed by atoms with E-state index in [1.165, 1.54) is 6.33 Å². The maximum atomic E-state index is 11.5. The predicted molar refractivity (Wildman–Crippen MR) is 80.2 cm³/mol. The van der Waals surface area contributed by atoms with E-state index >= 15 is 0 Å². The zero-order valence-corrected chi connectivity index (χ0v) is 12.5. The monoisotopic (exact) mass is 328 g/mol. The van der Waals surface area contributed by atoms with Crippen LogP contribution in [0, 0.1) is 0 Å². The molecule has 0 radical (unpaired) electrons. The van der Waals surface area contributed by atoms with E-state index in [1.54, 1.807) is 25.1 Å². The molecule has 24 heavy (non-hydrogen) atoms. The highest BCUT2D eigenvalue weighted by Gasteiger charge is 2.07. The molecule has 1 aromatic carbocycles. The average Bonchev–Trinajstić information content (AvgIpc) is 2.54. The molecule has 1 amide bonds. The van der Waals surface area contributed by atoms with Crippen LogP contribution in [0.4, 0.5) is 11.5 Å². The summed E-state index contributed by atoms with van der Waals surface area (Å²) in [6.07, 6.45) is 2.24. The van der Waals surface area contributed by atoms with E-state index in [-0.39, 0.29) is 11.7 Å². The highest BCUT2D eigenvalue weighted by atomic mass is 16.4. The summed E-state index contributed by atoms with van der Waals surface area (Å²) < 4.78 is 0. The van der Waals surface area contributed by atoms with E-state index < -0.39 is 17.5 Å². The summed E-state index contributed by atoms with van der Waals surface area (Å²) in [5, 5.41) is 27.0. The Kier molecular flexibility index (Phi) is 5.05. The lowest BCUT2D eigenvalue weighted by Crippen LogP contribution is -2.36. The van der Waals surface area contributed by atoms with Gasteiger partial charge in [0, 0.05) is 29.3 Å². The van der Waals surface area contributed by atoms with Crippen molar-refractivity contribution in [3.63, 3.8) is 0 Å². The molecule has 0 fully saturated rings. The lowest BCUT2D eigenvalue weighted by atomic mass is 10.2. The normalized spacial score (nSPS) is 10.0. The Labute approximate surface area is 136 Å². The van der Waals surface area contributed by atoms with Crippen LogP contribution in [0.5, 0.6) is 0 Å². The van der Waals surface area contributed by atoms with E-state index in [2.05, 4.69) is 20.6 Å². The number of hydrogen-bond acceptors (Lipinski definition) is 8. The van der Waals surface area contributed by atoms with Crippen LogP contribution in [0.3, 0.4) is 0 Å². The van der Waals surface area contributed by atoms with Crippen molar-refractivity contribution >= 4 is 40.3 Å². The fourth-order valence-electron chi connectivity index (χ4n) is 1.84. The first-order valence-electron chi connectivity index (χ1n) is 6.86. The second-order valence-electron chi connectivity index (χ2n) is 4.63. The standard InChI is InChI=1S/C15H14N4O5/c1-2-12(20)19-8-3-4-11-9(5-8)13(18-7-17-11)16-6-10(14(21)22)15(23)24/h3-7H,2H2,1H3,(H,19,20)(H,21,22)(H,23,24)(H,16,17,18)/p-2. The van der Waals surface area contributed by atoms with Crippen LogP contribution in [0.1, 0.15) is 13.3 Å². The van der Waals surface area contributed by atoms with Crippen molar-refractivity contribution in [2.24, 2.45) is 0 Å². The van der Waals surface area contributed by atoms with Gasteiger partial charge in [-0.05, 0) is 18.2 Å². The van der Waals surface area contributed by atoms with E-state index in [0.29, 0.717) is 29.2 Å². The van der Waals surface area contributed by atoms with E-state index in [1.807, 2.05) is 0 Å². The molecular weight excluding hydrogens is 316 g/mol. The maximum Gasteiger partial charge on any atom is 0.224 e. The van der Waals surface area contributed by atoms with Crippen molar-refractivity contribution in [3.05, 3.63) is 36.3 Å². The number of hydrogen-bond donors (Lipinski definition) is 2. The van der Waals surface area contributed by atoms with Crippen LogP contribution in [-0.2, 0) is 14.4 Å². The van der Waals surface area contributed by atoms with E-state index in [0.717, 1.165) is 0 Å². The highest BCUT2D eigenvalue weighted by molar-refractivity contribution is 6.11. The van der Waals surface area contributed by atoms with Crippen molar-refractivity contribution in [1.29, 1.82) is 0 Å². The van der Waals surface area contributed by atoms with Crippen LogP contribution >= 0.6 is 0 Å². The minimum atomic E-state index is -1.89. The van der Waals surface area contributed by atoms with E-state index in [9.17, 15) is 24.6 Å². The molecule has 1 heterocycles. The van der Waals surface area contributed by atoms with Crippen LogP contribution in [0.15, 0.2) is 36.3 Å². The minimum Gasteiger partial charge on any atom is -0.545 e. The number of benzene rings is 1. The predicted octanol–water partition coefficient (Wildman–Crippen LogP) is -1.23. The van der Waals surface area contributed by atoms with Gasteiger partial charge in [0.25, 0.3) is 0 Å². The second kappa shape index (κ2) is 7.18. The molecule has 0 saturated carbocycles. The van der Waals surface area contributed by atoms with Gasteiger partial charge in [0.15, 0.2) is 0 Å². The molecule has 2 aromatic rings. The molecule has 9 heteroatoms. The lowest BCUT2D eigenvalue weighted by Gasteiger charge is -2.11. The third-order valence-electron chi connectivity index (χ3n) is 3.03. The molecule has 0 unspecified atom stereocenters. The molecule has 0 aliphatic rings. The summed E-state index contributed by atoms with van der Waals surface area (Å²) in [6.45, 7) is 1.71. The molecule has 0 aliphatic heterocycles. The number of aromatic nitrogens is 2. The fraction of sp³-hybridized carbons (Fsp3) is 0.133. The number of carboxylic acid groups (broad SMARTS) is 2. The zero-order chi connectivity index (χ0) is 17.7. The average molecular weight is 328 g/mol. The SMILES string of the molecule is CCC(=O)Nc1ccc2ncnc(NC=C(C(=O)[O-])C(=O)[O-])c2c1. The molecule has 0 atom stereocenters. The Morgan fingerprint density at radius 2 is 1.88 bits per heavy atom. The number of nitrogens with zero attached hydrogens (tertiary/aromatic N) is 2. The third kappa shape index (κ3) is 3.83. The molecule has 9 nitrogen and oxygen atoms in total. The third-order valence-corrected chi connectivity index (χ3v) is 3.03. The first kappa shape index (κ1) is 16.9. The highest BCUT2D eigenvalue weighted by Crippen LogP contribution is 2.23. The number of rotatable bonds is 6. The first-order valence-corrected chi connectivity index (χ1v) is 6.86. The Hall–Kier alpha value is -3.49. The van der Waals surface area contributed by atoms with Gasteiger partial charge in [-0.3, -0.25) is 4.79 Å². The number of nitrogens with one attached hydrogen (secondary N) is 2. The summed E-state index contributed by atoms with van der Waals surface area (Å²) in [6, 6.07) is 4.86. The van der Waals surface area contributed by atoms with E-state index in [4.69, 9.17) is 0 Å².